The number of benzene rings is 2. The number of carbonyl (C=O) groups is 2. The number of nitrogens with one attached hydrogen (secondary N) is 1. The Hall–Kier alpha value is -3.61. The molecule has 0 aliphatic carbocycles. The van der Waals surface area contributed by atoms with Gasteiger partial charge in [0.2, 0.25) is 5.91 Å². The van der Waals surface area contributed by atoms with Crippen LogP contribution in [-0.4, -0.2) is 38.6 Å². The Balaban J connectivity index is 1.71. The minimum Gasteiger partial charge on any atom is -0.494 e. The van der Waals surface area contributed by atoms with Crippen molar-refractivity contribution in [3.63, 3.8) is 0 Å². The molecule has 3 aromatic rings. The first-order chi connectivity index (χ1) is 16.6. The van der Waals surface area contributed by atoms with Gasteiger partial charge in [-0.25, -0.2) is 0 Å². The predicted octanol–water partition coefficient (Wildman–Crippen LogP) is 4.31. The molecule has 1 unspecified atom stereocenters. The molecule has 0 saturated carbocycles. The molecule has 2 heterocycles. The highest BCUT2D eigenvalue weighted by molar-refractivity contribution is 5.99. The number of aromatic nitrogens is 2. The van der Waals surface area contributed by atoms with Gasteiger partial charge in [-0.3, -0.25) is 14.3 Å². The minimum absolute atomic E-state index is 0.219. The largest absolute Gasteiger partial charge is 0.494 e. The van der Waals surface area contributed by atoms with E-state index in [0.29, 0.717) is 24.6 Å². The third-order valence-corrected chi connectivity index (χ3v) is 6.45. The maximum absolute atomic E-state index is 13.9. The molecule has 7 heteroatoms. The molecule has 0 bridgehead atoms. The van der Waals surface area contributed by atoms with Crippen molar-refractivity contribution >= 4 is 11.8 Å². The summed E-state index contributed by atoms with van der Waals surface area (Å²) in [6, 6.07) is 19.3. The second-order valence-electron chi connectivity index (χ2n) is 10.2. The van der Waals surface area contributed by atoms with Crippen molar-refractivity contribution in [1.82, 2.24) is 20.0 Å². The van der Waals surface area contributed by atoms with Crippen molar-refractivity contribution in [1.29, 1.82) is 0 Å². The second kappa shape index (κ2) is 9.56. The van der Waals surface area contributed by atoms with E-state index in [9.17, 15) is 9.59 Å². The number of nitrogens with zero attached hydrogens (tertiary/aromatic N) is 3. The molecule has 4 rings (SSSR count). The van der Waals surface area contributed by atoms with Gasteiger partial charge in [0.15, 0.2) is 0 Å². The van der Waals surface area contributed by atoms with E-state index in [2.05, 4.69) is 26.1 Å². The van der Waals surface area contributed by atoms with Crippen LogP contribution in [0.4, 0.5) is 0 Å². The molecule has 2 amide bonds. The van der Waals surface area contributed by atoms with Crippen LogP contribution in [0.3, 0.4) is 0 Å². The number of fused-ring (bicyclic) bond motifs is 1. The smallest absolute Gasteiger partial charge is 0.273 e. The molecule has 2 aromatic carbocycles. The quantitative estimate of drug-likeness (QED) is 0.554. The highest BCUT2D eigenvalue weighted by Gasteiger charge is 2.48. The molecule has 7 nitrogen and oxygen atoms in total. The normalized spacial score (nSPS) is 17.7. The van der Waals surface area contributed by atoms with Crippen molar-refractivity contribution in [3.8, 4) is 5.75 Å². The number of carbonyl (C=O) groups excluding carboxylic acids is 2. The van der Waals surface area contributed by atoms with E-state index in [1.165, 1.54) is 0 Å². The molecule has 0 saturated heterocycles. The lowest BCUT2D eigenvalue weighted by Gasteiger charge is -2.43. The highest BCUT2D eigenvalue weighted by atomic mass is 16.5. The van der Waals surface area contributed by atoms with E-state index in [1.807, 2.05) is 74.5 Å². The number of para-hydroxylation sites is 1. The van der Waals surface area contributed by atoms with Gasteiger partial charge in [-0.05, 0) is 31.5 Å². The van der Waals surface area contributed by atoms with E-state index in [-0.39, 0.29) is 30.3 Å². The summed E-state index contributed by atoms with van der Waals surface area (Å²) in [6.45, 7) is 11.3. The van der Waals surface area contributed by atoms with Gasteiger partial charge < -0.3 is 15.0 Å². The zero-order valence-corrected chi connectivity index (χ0v) is 21.2. The summed E-state index contributed by atoms with van der Waals surface area (Å²) >= 11 is 0. The van der Waals surface area contributed by atoms with E-state index in [4.69, 9.17) is 9.84 Å². The maximum Gasteiger partial charge on any atom is 0.273 e. The van der Waals surface area contributed by atoms with E-state index in [1.54, 1.807) is 9.58 Å². The molecular formula is C28H34N4O3. The van der Waals surface area contributed by atoms with Crippen LogP contribution in [0.1, 0.15) is 61.9 Å². The van der Waals surface area contributed by atoms with Gasteiger partial charge in [-0.2, -0.15) is 5.10 Å². The van der Waals surface area contributed by atoms with Crippen LogP contribution in [0.25, 0.3) is 0 Å². The van der Waals surface area contributed by atoms with Crippen LogP contribution in [0.15, 0.2) is 60.7 Å². The summed E-state index contributed by atoms with van der Waals surface area (Å²) in [4.78, 5) is 29.2. The van der Waals surface area contributed by atoms with Gasteiger partial charge >= 0.3 is 0 Å². The average Bonchev–Trinajstić information content (AvgIpc) is 3.26. The lowest BCUT2D eigenvalue weighted by atomic mass is 9.91. The molecule has 1 aromatic heterocycles. The highest BCUT2D eigenvalue weighted by Crippen LogP contribution is 2.33. The van der Waals surface area contributed by atoms with Crippen molar-refractivity contribution in [2.45, 2.75) is 65.2 Å². The van der Waals surface area contributed by atoms with Crippen LogP contribution < -0.4 is 10.1 Å². The molecule has 35 heavy (non-hydrogen) atoms. The summed E-state index contributed by atoms with van der Waals surface area (Å²) in [5.41, 5.74) is 1.81. The van der Waals surface area contributed by atoms with Crippen LogP contribution in [0.2, 0.25) is 0 Å². The summed E-state index contributed by atoms with van der Waals surface area (Å²) in [5, 5.41) is 7.77. The summed E-state index contributed by atoms with van der Waals surface area (Å²) in [6.07, 6.45) is 0. The van der Waals surface area contributed by atoms with E-state index in [0.717, 1.165) is 16.8 Å². The zero-order valence-electron chi connectivity index (χ0n) is 21.2. The summed E-state index contributed by atoms with van der Waals surface area (Å²) in [5.74, 6) is 0.272. The minimum atomic E-state index is -1.14. The van der Waals surface area contributed by atoms with Crippen LogP contribution in [0.5, 0.6) is 5.75 Å². The molecule has 1 aliphatic rings. The van der Waals surface area contributed by atoms with Crippen LogP contribution in [0, 0.1) is 0 Å². The number of amides is 2. The molecule has 1 aliphatic heterocycles. The van der Waals surface area contributed by atoms with Gasteiger partial charge in [0.05, 0.1) is 25.4 Å². The van der Waals surface area contributed by atoms with Gasteiger partial charge in [-0.15, -0.1) is 0 Å². The van der Waals surface area contributed by atoms with Crippen LogP contribution >= 0.6 is 0 Å². The monoisotopic (exact) mass is 474 g/mol. The van der Waals surface area contributed by atoms with Crippen molar-refractivity contribution in [2.24, 2.45) is 0 Å². The average molecular weight is 475 g/mol. The molecule has 0 fully saturated rings. The first-order valence-electron chi connectivity index (χ1n) is 12.1. The van der Waals surface area contributed by atoms with Crippen molar-refractivity contribution < 1.29 is 14.3 Å². The van der Waals surface area contributed by atoms with Gasteiger partial charge in [0.1, 0.15) is 17.0 Å². The SMILES string of the molecule is CCOc1ccccc1CN1C(=O)c2cc(C(C)(C)C)nn2CC1(C)C(=O)NCc1ccccc1. The van der Waals surface area contributed by atoms with E-state index < -0.39 is 5.54 Å². The fraction of sp³-hybridized carbons (Fsp3) is 0.393. The van der Waals surface area contributed by atoms with E-state index >= 15 is 0 Å². The molecule has 1 N–H and O–H groups in total. The summed E-state index contributed by atoms with van der Waals surface area (Å²) < 4.78 is 7.50. The molecule has 1 atom stereocenters. The fourth-order valence-electron chi connectivity index (χ4n) is 4.33. The van der Waals surface area contributed by atoms with Crippen molar-refractivity contribution in [3.05, 3.63) is 83.2 Å². The fourth-order valence-corrected chi connectivity index (χ4v) is 4.33. The lowest BCUT2D eigenvalue weighted by molar-refractivity contribution is -0.133. The number of hydrogen-bond acceptors (Lipinski definition) is 4. The lowest BCUT2D eigenvalue weighted by Crippen LogP contribution is -2.63. The first kappa shape index (κ1) is 24.5. The van der Waals surface area contributed by atoms with Gasteiger partial charge in [0, 0.05) is 17.5 Å². The molecule has 0 spiro atoms. The zero-order chi connectivity index (χ0) is 25.2. The molecular weight excluding hydrogens is 440 g/mol. The molecule has 184 valence electrons. The first-order valence-corrected chi connectivity index (χ1v) is 12.1. The van der Waals surface area contributed by atoms with Gasteiger partial charge in [-0.1, -0.05) is 69.3 Å². The third-order valence-electron chi connectivity index (χ3n) is 6.45. The number of rotatable bonds is 7. The number of hydrogen-bond donors (Lipinski definition) is 1. The Morgan fingerprint density at radius 3 is 2.49 bits per heavy atom. The number of ether oxygens (including phenoxy) is 1. The maximum atomic E-state index is 13.9. The Labute approximate surface area is 207 Å². The molecule has 0 radical (unpaired) electrons. The van der Waals surface area contributed by atoms with Crippen molar-refractivity contribution in [2.75, 3.05) is 6.61 Å². The second-order valence-corrected chi connectivity index (χ2v) is 10.2. The summed E-state index contributed by atoms with van der Waals surface area (Å²) in [7, 11) is 0. The predicted molar refractivity (Wildman–Crippen MR) is 135 cm³/mol. The third kappa shape index (κ3) is 4.94. The van der Waals surface area contributed by atoms with Crippen LogP contribution in [-0.2, 0) is 29.8 Å². The topological polar surface area (TPSA) is 76.5 Å². The Bertz CT molecular complexity index is 1210. The van der Waals surface area contributed by atoms with Gasteiger partial charge in [0.25, 0.3) is 5.91 Å². The Morgan fingerprint density at radius 2 is 1.80 bits per heavy atom. The standard InChI is InChI=1S/C28H34N4O3/c1-6-35-23-15-11-10-14-21(23)18-31-25(33)22-16-24(27(2,3)4)30-32(22)19-28(31,5)26(34)29-17-20-12-8-7-9-13-20/h7-16H,6,17-19H2,1-5H3,(H,29,34). The Morgan fingerprint density at radius 1 is 1.11 bits per heavy atom. The Kier molecular flexibility index (Phi) is 6.70.